The highest BCUT2D eigenvalue weighted by atomic mass is 16.5. The van der Waals surface area contributed by atoms with Crippen LogP contribution in [0.3, 0.4) is 0 Å². The first kappa shape index (κ1) is 19.4. The number of carbonyl (C=O) groups excluding carboxylic acids is 2. The van der Waals surface area contributed by atoms with Crippen LogP contribution < -0.4 is 5.73 Å². The minimum absolute atomic E-state index is 0.0623. The lowest BCUT2D eigenvalue weighted by Crippen LogP contribution is -2.50. The number of nitrogens with zero attached hydrogens (tertiary/aromatic N) is 1. The minimum atomic E-state index is -0.743. The summed E-state index contributed by atoms with van der Waals surface area (Å²) in [4.78, 5) is 25.1. The molecule has 2 atom stereocenters. The van der Waals surface area contributed by atoms with E-state index in [9.17, 15) is 14.7 Å². The molecule has 1 aliphatic heterocycles. The third-order valence-electron chi connectivity index (χ3n) is 4.53. The van der Waals surface area contributed by atoms with Crippen LogP contribution in [0.15, 0.2) is 24.3 Å². The molecule has 0 spiro atoms. The molecule has 6 nitrogen and oxygen atoms in total. The molecular formula is C19H28N2O4. The van der Waals surface area contributed by atoms with E-state index in [-0.39, 0.29) is 24.3 Å². The van der Waals surface area contributed by atoms with Crippen molar-refractivity contribution in [2.45, 2.75) is 51.2 Å². The summed E-state index contributed by atoms with van der Waals surface area (Å²) in [6.45, 7) is 7.34. The number of amides is 2. The highest BCUT2D eigenvalue weighted by molar-refractivity contribution is 5.81. The summed E-state index contributed by atoms with van der Waals surface area (Å²) in [5.74, 6) is -0.656. The lowest BCUT2D eigenvalue weighted by Gasteiger charge is -2.31. The molecule has 1 fully saturated rings. The fourth-order valence-corrected chi connectivity index (χ4v) is 2.84. The largest absolute Gasteiger partial charge is 0.388 e. The second-order valence-corrected chi connectivity index (χ2v) is 7.53. The summed E-state index contributed by atoms with van der Waals surface area (Å²) < 4.78 is 5.24. The topological polar surface area (TPSA) is 92.9 Å². The Morgan fingerprint density at radius 3 is 2.52 bits per heavy atom. The van der Waals surface area contributed by atoms with Gasteiger partial charge in [0.05, 0.1) is 19.3 Å². The van der Waals surface area contributed by atoms with E-state index in [1.54, 1.807) is 4.90 Å². The molecule has 1 heterocycles. The third kappa shape index (κ3) is 5.28. The molecule has 0 unspecified atom stereocenters. The van der Waals surface area contributed by atoms with Gasteiger partial charge in [0.15, 0.2) is 6.10 Å². The molecule has 0 radical (unpaired) electrons. The van der Waals surface area contributed by atoms with Crippen molar-refractivity contribution in [2.24, 2.45) is 5.73 Å². The number of ether oxygens (including phenoxy) is 1. The molecule has 25 heavy (non-hydrogen) atoms. The molecule has 0 saturated carbocycles. The van der Waals surface area contributed by atoms with E-state index < -0.39 is 18.1 Å². The number of nitrogens with two attached hydrogens (primary N) is 1. The van der Waals surface area contributed by atoms with Gasteiger partial charge in [-0.25, -0.2) is 0 Å². The van der Waals surface area contributed by atoms with Crippen LogP contribution in [0, 0.1) is 0 Å². The second kappa shape index (κ2) is 7.97. The zero-order valence-electron chi connectivity index (χ0n) is 15.2. The van der Waals surface area contributed by atoms with E-state index in [1.165, 1.54) is 5.56 Å². The highest BCUT2D eigenvalue weighted by Gasteiger charge is 2.27. The van der Waals surface area contributed by atoms with Gasteiger partial charge in [0.2, 0.25) is 11.8 Å². The van der Waals surface area contributed by atoms with Crippen LogP contribution in [0.1, 0.15) is 50.8 Å². The summed E-state index contributed by atoms with van der Waals surface area (Å²) in [6.07, 6.45) is -0.876. The first-order valence-corrected chi connectivity index (χ1v) is 8.65. The molecule has 2 rings (SSSR count). The van der Waals surface area contributed by atoms with E-state index in [1.807, 2.05) is 24.3 Å². The molecule has 0 aliphatic carbocycles. The van der Waals surface area contributed by atoms with Crippen LogP contribution in [0.4, 0.5) is 0 Å². The molecule has 0 aromatic heterocycles. The number of hydrogen-bond donors (Lipinski definition) is 2. The summed E-state index contributed by atoms with van der Waals surface area (Å²) in [5.41, 5.74) is 7.29. The van der Waals surface area contributed by atoms with Gasteiger partial charge in [-0.1, -0.05) is 45.0 Å². The maximum absolute atomic E-state index is 12.3. The maximum atomic E-state index is 12.3. The number of benzene rings is 1. The lowest BCUT2D eigenvalue weighted by atomic mass is 9.86. The zero-order chi connectivity index (χ0) is 18.6. The molecule has 1 aliphatic rings. The summed E-state index contributed by atoms with van der Waals surface area (Å²) in [5, 5.41) is 10.3. The SMILES string of the molecule is CC(C)(C)c1ccc([C@@H](O)CCC(=O)N2CCO[C@@H](C(N)=O)C2)cc1. The van der Waals surface area contributed by atoms with Crippen molar-refractivity contribution in [3.63, 3.8) is 0 Å². The van der Waals surface area contributed by atoms with Crippen molar-refractivity contribution in [1.29, 1.82) is 0 Å². The molecule has 0 bridgehead atoms. The molecule has 138 valence electrons. The Kier molecular flexibility index (Phi) is 6.19. The maximum Gasteiger partial charge on any atom is 0.248 e. The van der Waals surface area contributed by atoms with Crippen LogP contribution in [-0.2, 0) is 19.7 Å². The lowest BCUT2D eigenvalue weighted by molar-refractivity contribution is -0.145. The van der Waals surface area contributed by atoms with Gasteiger partial charge in [0.25, 0.3) is 0 Å². The smallest absolute Gasteiger partial charge is 0.248 e. The third-order valence-corrected chi connectivity index (χ3v) is 4.53. The molecular weight excluding hydrogens is 320 g/mol. The molecule has 1 aromatic rings. The first-order chi connectivity index (χ1) is 11.7. The standard InChI is InChI=1S/C19H28N2O4/c1-19(2,3)14-6-4-13(5-7-14)15(22)8-9-17(23)21-10-11-25-16(12-21)18(20)24/h4-7,15-16,22H,8-12H2,1-3H3,(H2,20,24)/t15-,16+/m0/s1. The monoisotopic (exact) mass is 348 g/mol. The van der Waals surface area contributed by atoms with Crippen molar-refractivity contribution in [2.75, 3.05) is 19.7 Å². The Bertz CT molecular complexity index is 607. The van der Waals surface area contributed by atoms with Gasteiger partial charge in [-0.2, -0.15) is 0 Å². The Hall–Kier alpha value is -1.92. The van der Waals surface area contributed by atoms with Crippen LogP contribution >= 0.6 is 0 Å². The summed E-state index contributed by atoms with van der Waals surface area (Å²) >= 11 is 0. The van der Waals surface area contributed by atoms with E-state index >= 15 is 0 Å². The average molecular weight is 348 g/mol. The van der Waals surface area contributed by atoms with Gasteiger partial charge in [-0.15, -0.1) is 0 Å². The normalized spacial score (nSPS) is 19.5. The van der Waals surface area contributed by atoms with Crippen LogP contribution in [0.25, 0.3) is 0 Å². The molecule has 1 aromatic carbocycles. The van der Waals surface area contributed by atoms with Gasteiger partial charge >= 0.3 is 0 Å². The fourth-order valence-electron chi connectivity index (χ4n) is 2.84. The number of aliphatic hydroxyl groups excluding tert-OH is 1. The molecule has 1 saturated heterocycles. The minimum Gasteiger partial charge on any atom is -0.388 e. The van der Waals surface area contributed by atoms with Crippen molar-refractivity contribution < 1.29 is 19.4 Å². The Morgan fingerprint density at radius 2 is 1.96 bits per heavy atom. The van der Waals surface area contributed by atoms with E-state index in [0.717, 1.165) is 5.56 Å². The van der Waals surface area contributed by atoms with Gasteiger partial charge in [0, 0.05) is 13.0 Å². The first-order valence-electron chi connectivity index (χ1n) is 8.65. The predicted molar refractivity (Wildman–Crippen MR) is 94.9 cm³/mol. The van der Waals surface area contributed by atoms with E-state index in [2.05, 4.69) is 20.8 Å². The van der Waals surface area contributed by atoms with Crippen LogP contribution in [0.5, 0.6) is 0 Å². The Morgan fingerprint density at radius 1 is 1.32 bits per heavy atom. The average Bonchev–Trinajstić information content (AvgIpc) is 2.58. The fraction of sp³-hybridized carbons (Fsp3) is 0.579. The van der Waals surface area contributed by atoms with Gasteiger partial charge in [0.1, 0.15) is 0 Å². The summed E-state index contributed by atoms with van der Waals surface area (Å²) in [7, 11) is 0. The highest BCUT2D eigenvalue weighted by Crippen LogP contribution is 2.25. The number of hydrogen-bond acceptors (Lipinski definition) is 4. The van der Waals surface area contributed by atoms with Crippen molar-refractivity contribution in [3.8, 4) is 0 Å². The number of morpholine rings is 1. The Labute approximate surface area is 149 Å². The van der Waals surface area contributed by atoms with Crippen LogP contribution in [-0.4, -0.2) is 47.6 Å². The van der Waals surface area contributed by atoms with Crippen LogP contribution in [0.2, 0.25) is 0 Å². The van der Waals surface area contributed by atoms with Gasteiger partial charge in [-0.05, 0) is 23.0 Å². The van der Waals surface area contributed by atoms with Gasteiger partial charge < -0.3 is 20.5 Å². The second-order valence-electron chi connectivity index (χ2n) is 7.53. The van der Waals surface area contributed by atoms with Crippen molar-refractivity contribution in [3.05, 3.63) is 35.4 Å². The van der Waals surface area contributed by atoms with E-state index in [0.29, 0.717) is 19.6 Å². The molecule has 6 heteroatoms. The molecule has 3 N–H and O–H groups in total. The van der Waals surface area contributed by atoms with Crippen molar-refractivity contribution in [1.82, 2.24) is 4.90 Å². The summed E-state index contributed by atoms with van der Waals surface area (Å²) in [6, 6.07) is 7.85. The van der Waals surface area contributed by atoms with Gasteiger partial charge in [-0.3, -0.25) is 9.59 Å². The van der Waals surface area contributed by atoms with E-state index in [4.69, 9.17) is 10.5 Å². The quantitative estimate of drug-likeness (QED) is 0.843. The number of aliphatic hydroxyl groups is 1. The molecule has 2 amide bonds. The number of primary amides is 1. The number of carbonyl (C=O) groups is 2. The predicted octanol–water partition coefficient (Wildman–Crippen LogP) is 1.51. The Balaban J connectivity index is 1.87. The number of rotatable bonds is 5. The zero-order valence-corrected chi connectivity index (χ0v) is 15.2. The van der Waals surface area contributed by atoms with Crippen molar-refractivity contribution >= 4 is 11.8 Å².